The molecule has 0 aromatic carbocycles. The van der Waals surface area contributed by atoms with Crippen molar-refractivity contribution in [2.45, 2.75) is 26.3 Å². The molecule has 1 unspecified atom stereocenters. The molecule has 0 saturated carbocycles. The van der Waals surface area contributed by atoms with Crippen molar-refractivity contribution in [2.24, 2.45) is 5.92 Å². The van der Waals surface area contributed by atoms with E-state index < -0.39 is 6.04 Å². The molecule has 1 N–H and O–H groups in total. The third kappa shape index (κ3) is 5.46. The SMILES string of the molecule is COC(=O)C(CC(C)C)NCC(=O)N1CCN(C)CC1. The van der Waals surface area contributed by atoms with Crippen molar-refractivity contribution in [1.82, 2.24) is 15.1 Å². The van der Waals surface area contributed by atoms with Crippen LogP contribution in [0, 0.1) is 5.92 Å². The molecule has 1 rings (SSSR count). The molecule has 20 heavy (non-hydrogen) atoms. The molecule has 0 aliphatic carbocycles. The molecule has 1 aliphatic rings. The van der Waals surface area contributed by atoms with E-state index in [0.717, 1.165) is 26.2 Å². The monoisotopic (exact) mass is 285 g/mol. The van der Waals surface area contributed by atoms with Crippen LogP contribution in [0.25, 0.3) is 0 Å². The van der Waals surface area contributed by atoms with Gasteiger partial charge in [0.25, 0.3) is 0 Å². The van der Waals surface area contributed by atoms with Crippen molar-refractivity contribution in [3.8, 4) is 0 Å². The highest BCUT2D eigenvalue weighted by molar-refractivity contribution is 5.80. The molecule has 1 heterocycles. The predicted octanol–water partition coefficient (Wildman–Crippen LogP) is -0.0623. The highest BCUT2D eigenvalue weighted by atomic mass is 16.5. The Bertz CT molecular complexity index is 326. The van der Waals surface area contributed by atoms with Crippen LogP contribution >= 0.6 is 0 Å². The van der Waals surface area contributed by atoms with Crippen LogP contribution in [0.1, 0.15) is 20.3 Å². The minimum Gasteiger partial charge on any atom is -0.468 e. The first-order valence-electron chi connectivity index (χ1n) is 7.21. The lowest BCUT2D eigenvalue weighted by Gasteiger charge is -2.32. The van der Waals surface area contributed by atoms with Gasteiger partial charge in [0.15, 0.2) is 0 Å². The van der Waals surface area contributed by atoms with Gasteiger partial charge in [0, 0.05) is 26.2 Å². The Labute approximate surface area is 121 Å². The van der Waals surface area contributed by atoms with E-state index in [1.807, 2.05) is 18.7 Å². The van der Waals surface area contributed by atoms with Crippen molar-refractivity contribution in [3.05, 3.63) is 0 Å². The number of nitrogens with zero attached hydrogens (tertiary/aromatic N) is 2. The molecule has 1 atom stereocenters. The van der Waals surface area contributed by atoms with Crippen LogP contribution < -0.4 is 5.32 Å². The third-order valence-electron chi connectivity index (χ3n) is 3.55. The Morgan fingerprint density at radius 2 is 1.80 bits per heavy atom. The summed E-state index contributed by atoms with van der Waals surface area (Å²) in [5.74, 6) is 0.117. The zero-order valence-electron chi connectivity index (χ0n) is 13.0. The van der Waals surface area contributed by atoms with Crippen molar-refractivity contribution >= 4 is 11.9 Å². The van der Waals surface area contributed by atoms with Crippen LogP contribution in [-0.4, -0.2) is 74.6 Å². The number of rotatable bonds is 6. The molecule has 1 fully saturated rings. The van der Waals surface area contributed by atoms with Crippen LogP contribution in [0.2, 0.25) is 0 Å². The molecule has 1 amide bonds. The maximum Gasteiger partial charge on any atom is 0.322 e. The summed E-state index contributed by atoms with van der Waals surface area (Å²) in [6, 6.07) is -0.406. The zero-order valence-corrected chi connectivity index (χ0v) is 13.0. The van der Waals surface area contributed by atoms with Gasteiger partial charge in [-0.25, -0.2) is 0 Å². The number of nitrogens with one attached hydrogen (secondary N) is 1. The maximum absolute atomic E-state index is 12.1. The first-order chi connectivity index (χ1) is 9.43. The molecule has 0 bridgehead atoms. The topological polar surface area (TPSA) is 61.9 Å². The number of carbonyl (C=O) groups excluding carboxylic acids is 2. The second-order valence-corrected chi connectivity index (χ2v) is 5.77. The molecule has 6 nitrogen and oxygen atoms in total. The number of likely N-dealkylation sites (N-methyl/N-ethyl adjacent to an activating group) is 1. The summed E-state index contributed by atoms with van der Waals surface area (Å²) in [4.78, 5) is 27.8. The van der Waals surface area contributed by atoms with E-state index in [1.54, 1.807) is 0 Å². The van der Waals surface area contributed by atoms with E-state index in [4.69, 9.17) is 4.74 Å². The summed E-state index contributed by atoms with van der Waals surface area (Å²) < 4.78 is 4.77. The number of piperazine rings is 1. The fourth-order valence-corrected chi connectivity index (χ4v) is 2.25. The Hall–Kier alpha value is -1.14. The fourth-order valence-electron chi connectivity index (χ4n) is 2.25. The van der Waals surface area contributed by atoms with Crippen LogP contribution in [-0.2, 0) is 14.3 Å². The van der Waals surface area contributed by atoms with E-state index in [9.17, 15) is 9.59 Å². The minimum absolute atomic E-state index is 0.0516. The first kappa shape index (κ1) is 16.9. The fraction of sp³-hybridized carbons (Fsp3) is 0.857. The van der Waals surface area contributed by atoms with Gasteiger partial charge in [-0.15, -0.1) is 0 Å². The number of amides is 1. The van der Waals surface area contributed by atoms with E-state index >= 15 is 0 Å². The average molecular weight is 285 g/mol. The van der Waals surface area contributed by atoms with E-state index in [1.165, 1.54) is 7.11 Å². The summed E-state index contributed by atoms with van der Waals surface area (Å²) in [7, 11) is 3.43. The average Bonchev–Trinajstić information content (AvgIpc) is 2.42. The first-order valence-corrected chi connectivity index (χ1v) is 7.21. The molecule has 0 aromatic rings. The number of carbonyl (C=O) groups is 2. The van der Waals surface area contributed by atoms with E-state index in [0.29, 0.717) is 12.3 Å². The van der Waals surface area contributed by atoms with Gasteiger partial charge in [-0.05, 0) is 19.4 Å². The molecule has 6 heteroatoms. The normalized spacial score (nSPS) is 18.1. The molecule has 1 aliphatic heterocycles. The van der Waals surface area contributed by atoms with Gasteiger partial charge in [-0.3, -0.25) is 14.9 Å². The van der Waals surface area contributed by atoms with Gasteiger partial charge in [-0.1, -0.05) is 13.8 Å². The van der Waals surface area contributed by atoms with Crippen LogP contribution in [0.4, 0.5) is 0 Å². The van der Waals surface area contributed by atoms with E-state index in [2.05, 4.69) is 17.3 Å². The van der Waals surface area contributed by atoms with Gasteiger partial charge in [0.1, 0.15) is 6.04 Å². The lowest BCUT2D eigenvalue weighted by Crippen LogP contribution is -2.51. The number of esters is 1. The predicted molar refractivity (Wildman–Crippen MR) is 77.3 cm³/mol. The van der Waals surface area contributed by atoms with Crippen LogP contribution in [0.15, 0.2) is 0 Å². The summed E-state index contributed by atoms with van der Waals surface area (Å²) >= 11 is 0. The zero-order chi connectivity index (χ0) is 15.1. The molecule has 0 radical (unpaired) electrons. The van der Waals surface area contributed by atoms with Crippen LogP contribution in [0.3, 0.4) is 0 Å². The maximum atomic E-state index is 12.1. The lowest BCUT2D eigenvalue weighted by molar-refractivity contribution is -0.143. The summed E-state index contributed by atoms with van der Waals surface area (Å²) in [5, 5.41) is 3.03. The molecule has 1 saturated heterocycles. The van der Waals surface area contributed by atoms with Crippen molar-refractivity contribution in [1.29, 1.82) is 0 Å². The second-order valence-electron chi connectivity index (χ2n) is 5.77. The summed E-state index contributed by atoms with van der Waals surface area (Å²) in [6.45, 7) is 7.58. The Balaban J connectivity index is 2.41. The number of hydrogen-bond donors (Lipinski definition) is 1. The number of methoxy groups -OCH3 is 1. The quantitative estimate of drug-likeness (QED) is 0.693. The largest absolute Gasteiger partial charge is 0.468 e. The van der Waals surface area contributed by atoms with Crippen molar-refractivity contribution < 1.29 is 14.3 Å². The second kappa shape index (κ2) is 8.21. The molecular formula is C14H27N3O3. The summed E-state index contributed by atoms with van der Waals surface area (Å²) in [5.41, 5.74) is 0. The van der Waals surface area contributed by atoms with E-state index in [-0.39, 0.29) is 18.4 Å². The standard InChI is InChI=1S/C14H27N3O3/c1-11(2)9-12(14(19)20-4)15-10-13(18)17-7-5-16(3)6-8-17/h11-12,15H,5-10H2,1-4H3. The number of hydrogen-bond acceptors (Lipinski definition) is 5. The number of ether oxygens (including phenoxy) is 1. The van der Waals surface area contributed by atoms with Gasteiger partial charge < -0.3 is 14.5 Å². The minimum atomic E-state index is -0.406. The van der Waals surface area contributed by atoms with Gasteiger partial charge in [-0.2, -0.15) is 0 Å². The van der Waals surface area contributed by atoms with Gasteiger partial charge in [0.05, 0.1) is 13.7 Å². The Morgan fingerprint density at radius 3 is 2.30 bits per heavy atom. The molecule has 0 aromatic heterocycles. The highest BCUT2D eigenvalue weighted by Crippen LogP contribution is 2.06. The van der Waals surface area contributed by atoms with Gasteiger partial charge in [0.2, 0.25) is 5.91 Å². The highest BCUT2D eigenvalue weighted by Gasteiger charge is 2.23. The van der Waals surface area contributed by atoms with Crippen molar-refractivity contribution in [3.63, 3.8) is 0 Å². The molecule has 0 spiro atoms. The molecular weight excluding hydrogens is 258 g/mol. The Kier molecular flexibility index (Phi) is 6.95. The van der Waals surface area contributed by atoms with Crippen LogP contribution in [0.5, 0.6) is 0 Å². The molecule has 116 valence electrons. The smallest absolute Gasteiger partial charge is 0.322 e. The summed E-state index contributed by atoms with van der Waals surface area (Å²) in [6.07, 6.45) is 0.669. The lowest BCUT2D eigenvalue weighted by atomic mass is 10.0. The van der Waals surface area contributed by atoms with Gasteiger partial charge >= 0.3 is 5.97 Å². The Morgan fingerprint density at radius 1 is 1.20 bits per heavy atom. The third-order valence-corrected chi connectivity index (χ3v) is 3.55. The van der Waals surface area contributed by atoms with Crippen molar-refractivity contribution in [2.75, 3.05) is 46.9 Å².